The number of thioether (sulfide) groups is 1. The lowest BCUT2D eigenvalue weighted by molar-refractivity contribution is -0.137. The number of fused-ring (bicyclic) bond motifs is 1. The molecule has 0 bridgehead atoms. The van der Waals surface area contributed by atoms with Crippen molar-refractivity contribution in [3.05, 3.63) is 46.4 Å². The minimum absolute atomic E-state index is 0.120. The van der Waals surface area contributed by atoms with Crippen molar-refractivity contribution in [2.24, 2.45) is 0 Å². The lowest BCUT2D eigenvalue weighted by Gasteiger charge is -2.23. The number of carbonyl (C=O) groups is 3. The topological polar surface area (TPSA) is 83.9 Å². The molecule has 24 heavy (non-hydrogen) atoms. The van der Waals surface area contributed by atoms with Crippen LogP contribution in [-0.4, -0.2) is 39.8 Å². The summed E-state index contributed by atoms with van der Waals surface area (Å²) < 4.78 is 5.81. The van der Waals surface area contributed by atoms with Gasteiger partial charge >= 0.3 is 5.97 Å². The van der Waals surface area contributed by atoms with E-state index in [9.17, 15) is 14.4 Å². The number of imide groups is 1. The first-order valence-corrected chi connectivity index (χ1v) is 8.22. The smallest absolute Gasteiger partial charge is 0.305 e. The van der Waals surface area contributed by atoms with Crippen molar-refractivity contribution >= 4 is 35.0 Å². The molecule has 0 aromatic heterocycles. The van der Waals surface area contributed by atoms with Crippen LogP contribution >= 0.6 is 11.8 Å². The number of rotatable bonds is 4. The molecule has 1 aromatic rings. The molecule has 0 spiro atoms. The number of para-hydroxylation sites is 1. The van der Waals surface area contributed by atoms with Gasteiger partial charge in [0, 0.05) is 12.1 Å². The molecule has 1 N–H and O–H groups in total. The molecule has 0 aliphatic carbocycles. The number of carboxylic acids is 1. The molecule has 2 aliphatic rings. The zero-order valence-corrected chi connectivity index (χ0v) is 13.7. The van der Waals surface area contributed by atoms with Crippen molar-refractivity contribution in [1.82, 2.24) is 4.90 Å². The Kier molecular flexibility index (Phi) is 4.44. The van der Waals surface area contributed by atoms with Gasteiger partial charge in [0.25, 0.3) is 11.1 Å². The molecular weight excluding hydrogens is 330 g/mol. The third-order valence-corrected chi connectivity index (χ3v) is 4.64. The van der Waals surface area contributed by atoms with Gasteiger partial charge in [-0.05, 0) is 42.5 Å². The van der Waals surface area contributed by atoms with Crippen LogP contribution in [0.4, 0.5) is 4.79 Å². The highest BCUT2D eigenvalue weighted by Crippen LogP contribution is 2.35. The predicted molar refractivity (Wildman–Crippen MR) is 89.5 cm³/mol. The number of benzene rings is 1. The van der Waals surface area contributed by atoms with Crippen LogP contribution in [0.2, 0.25) is 0 Å². The number of nitrogens with zero attached hydrogens (tertiary/aromatic N) is 1. The Hall–Kier alpha value is -2.54. The summed E-state index contributed by atoms with van der Waals surface area (Å²) in [7, 11) is 0. The zero-order chi connectivity index (χ0) is 17.3. The molecule has 1 aromatic carbocycles. The van der Waals surface area contributed by atoms with E-state index >= 15 is 0 Å². The van der Waals surface area contributed by atoms with Crippen LogP contribution in [0, 0.1) is 0 Å². The Morgan fingerprint density at radius 1 is 1.38 bits per heavy atom. The Labute approximate surface area is 142 Å². The Morgan fingerprint density at radius 3 is 2.88 bits per heavy atom. The van der Waals surface area contributed by atoms with Crippen LogP contribution in [0.5, 0.6) is 5.75 Å². The second-order valence-corrected chi connectivity index (χ2v) is 6.41. The molecule has 3 rings (SSSR count). The molecule has 6 nitrogen and oxygen atoms in total. The van der Waals surface area contributed by atoms with Crippen LogP contribution in [0.25, 0.3) is 6.08 Å². The van der Waals surface area contributed by atoms with Gasteiger partial charge in [-0.25, -0.2) is 0 Å². The average Bonchev–Trinajstić information content (AvgIpc) is 2.80. The van der Waals surface area contributed by atoms with Crippen molar-refractivity contribution in [3.63, 3.8) is 0 Å². The lowest BCUT2D eigenvalue weighted by Crippen LogP contribution is -2.30. The quantitative estimate of drug-likeness (QED) is 0.845. The summed E-state index contributed by atoms with van der Waals surface area (Å²) in [5.74, 6) is -0.735. The first-order valence-electron chi connectivity index (χ1n) is 7.40. The maximum Gasteiger partial charge on any atom is 0.305 e. The summed E-state index contributed by atoms with van der Waals surface area (Å²) in [6.07, 6.45) is 3.06. The monoisotopic (exact) mass is 345 g/mol. The van der Waals surface area contributed by atoms with E-state index in [0.717, 1.165) is 33.5 Å². The molecular formula is C17H15NO5S. The fraction of sp³-hybridized carbons (Fsp3) is 0.235. The molecule has 0 saturated carbocycles. The van der Waals surface area contributed by atoms with E-state index in [1.165, 1.54) is 0 Å². The molecule has 124 valence electrons. The molecule has 1 atom stereocenters. The fourth-order valence-electron chi connectivity index (χ4n) is 2.47. The third-order valence-electron chi connectivity index (χ3n) is 3.73. The van der Waals surface area contributed by atoms with Gasteiger partial charge in [-0.15, -0.1) is 0 Å². The molecule has 7 heteroatoms. The number of carbonyl (C=O) groups excluding carboxylic acids is 2. The van der Waals surface area contributed by atoms with Crippen molar-refractivity contribution in [2.45, 2.75) is 19.4 Å². The van der Waals surface area contributed by atoms with Crippen LogP contribution in [0.1, 0.15) is 18.9 Å². The highest BCUT2D eigenvalue weighted by atomic mass is 32.2. The lowest BCUT2D eigenvalue weighted by atomic mass is 10.0. The predicted octanol–water partition coefficient (Wildman–Crippen LogP) is 2.90. The number of carboxylic acid groups (broad SMARTS) is 1. The molecule has 1 unspecified atom stereocenters. The van der Waals surface area contributed by atoms with Gasteiger partial charge < -0.3 is 9.84 Å². The van der Waals surface area contributed by atoms with Gasteiger partial charge in [-0.3, -0.25) is 19.3 Å². The van der Waals surface area contributed by atoms with Gasteiger partial charge in [-0.2, -0.15) is 0 Å². The summed E-state index contributed by atoms with van der Waals surface area (Å²) in [6.45, 7) is 1.75. The van der Waals surface area contributed by atoms with Gasteiger partial charge in [0.05, 0.1) is 11.3 Å². The molecule has 2 aliphatic heterocycles. The van der Waals surface area contributed by atoms with Gasteiger partial charge in [0.1, 0.15) is 11.9 Å². The maximum atomic E-state index is 12.3. The molecule has 1 fully saturated rings. The third kappa shape index (κ3) is 3.21. The summed E-state index contributed by atoms with van der Waals surface area (Å²) in [6, 6.07) is 7.57. The number of hydrogen-bond acceptors (Lipinski definition) is 5. The van der Waals surface area contributed by atoms with Crippen molar-refractivity contribution in [3.8, 4) is 5.75 Å². The van der Waals surface area contributed by atoms with E-state index in [4.69, 9.17) is 9.84 Å². The SMILES string of the molecule is CC1Oc2ccccc2C=C1C=C1SC(=O)N(CCC(=O)O)C1=O. The van der Waals surface area contributed by atoms with Crippen LogP contribution in [0.3, 0.4) is 0 Å². The summed E-state index contributed by atoms with van der Waals surface area (Å²) in [5, 5.41) is 8.26. The Balaban J connectivity index is 1.84. The molecule has 0 radical (unpaired) electrons. The van der Waals surface area contributed by atoms with Crippen LogP contribution in [-0.2, 0) is 9.59 Å². The van der Waals surface area contributed by atoms with Crippen LogP contribution < -0.4 is 4.74 Å². The van der Waals surface area contributed by atoms with Gasteiger partial charge in [0.2, 0.25) is 0 Å². The van der Waals surface area contributed by atoms with E-state index in [2.05, 4.69) is 0 Å². The Bertz CT molecular complexity index is 783. The van der Waals surface area contributed by atoms with E-state index in [-0.39, 0.29) is 24.0 Å². The van der Waals surface area contributed by atoms with Crippen molar-refractivity contribution < 1.29 is 24.2 Å². The largest absolute Gasteiger partial charge is 0.485 e. The number of hydrogen-bond donors (Lipinski definition) is 1. The first-order chi connectivity index (χ1) is 11.5. The standard InChI is InChI=1S/C17H15NO5S/c1-10-12(8-11-4-2-3-5-13(11)23-10)9-14-16(21)18(17(22)24-14)7-6-15(19)20/h2-5,8-10H,6-7H2,1H3,(H,19,20). The number of aliphatic carboxylic acids is 1. The number of amides is 2. The molecule has 2 heterocycles. The first kappa shape index (κ1) is 16.3. The van der Waals surface area contributed by atoms with E-state index in [1.807, 2.05) is 37.3 Å². The van der Waals surface area contributed by atoms with Gasteiger partial charge in [0.15, 0.2) is 0 Å². The van der Waals surface area contributed by atoms with E-state index in [1.54, 1.807) is 6.08 Å². The molecule has 2 amide bonds. The fourth-order valence-corrected chi connectivity index (χ4v) is 3.34. The highest BCUT2D eigenvalue weighted by Gasteiger charge is 2.35. The minimum Gasteiger partial charge on any atom is -0.485 e. The van der Waals surface area contributed by atoms with E-state index < -0.39 is 17.1 Å². The summed E-state index contributed by atoms with van der Waals surface area (Å²) >= 11 is 0.820. The van der Waals surface area contributed by atoms with Crippen LogP contribution in [0.15, 0.2) is 40.8 Å². The van der Waals surface area contributed by atoms with Crippen molar-refractivity contribution in [1.29, 1.82) is 0 Å². The summed E-state index contributed by atoms with van der Waals surface area (Å²) in [4.78, 5) is 36.1. The van der Waals surface area contributed by atoms with Crippen molar-refractivity contribution in [2.75, 3.05) is 6.54 Å². The average molecular weight is 345 g/mol. The Morgan fingerprint density at radius 2 is 2.12 bits per heavy atom. The zero-order valence-electron chi connectivity index (χ0n) is 12.9. The normalized spacial score (nSPS) is 21.5. The molecule has 1 saturated heterocycles. The summed E-state index contributed by atoms with van der Waals surface area (Å²) in [5.41, 5.74) is 1.70. The number of ether oxygens (including phenoxy) is 1. The minimum atomic E-state index is -1.05. The van der Waals surface area contributed by atoms with Gasteiger partial charge in [-0.1, -0.05) is 18.2 Å². The second kappa shape index (κ2) is 6.52. The highest BCUT2D eigenvalue weighted by molar-refractivity contribution is 8.18. The maximum absolute atomic E-state index is 12.3. The van der Waals surface area contributed by atoms with E-state index in [0.29, 0.717) is 0 Å². The second-order valence-electron chi connectivity index (χ2n) is 5.42.